The van der Waals surface area contributed by atoms with Gasteiger partial charge in [-0.1, -0.05) is 13.8 Å². The van der Waals surface area contributed by atoms with Gasteiger partial charge < -0.3 is 14.2 Å². The smallest absolute Gasteiger partial charge is 0.347 e. The first-order valence-corrected chi connectivity index (χ1v) is 8.13. The van der Waals surface area contributed by atoms with E-state index in [0.717, 1.165) is 0 Å². The number of fused-ring (bicyclic) bond motifs is 3. The molecule has 0 unspecified atom stereocenters. The second-order valence-corrected chi connectivity index (χ2v) is 6.84. The van der Waals surface area contributed by atoms with Gasteiger partial charge in [0.1, 0.15) is 11.5 Å². The summed E-state index contributed by atoms with van der Waals surface area (Å²) in [6, 6.07) is 6.07. The number of hydrogen-bond acceptors (Lipinski definition) is 7. The number of benzene rings is 2. The summed E-state index contributed by atoms with van der Waals surface area (Å²) in [5.41, 5.74) is 1.22. The van der Waals surface area contributed by atoms with Crippen molar-refractivity contribution in [2.24, 2.45) is 0 Å². The molecule has 0 fully saturated rings. The summed E-state index contributed by atoms with van der Waals surface area (Å²) < 4.78 is 15.3. The fraction of sp³-hybridized carbons (Fsp3) is 0.200. The van der Waals surface area contributed by atoms with Gasteiger partial charge in [0.2, 0.25) is 0 Å². The summed E-state index contributed by atoms with van der Waals surface area (Å²) in [5.74, 6) is -1.28. The van der Waals surface area contributed by atoms with Gasteiger partial charge in [-0.05, 0) is 24.3 Å². The lowest BCUT2D eigenvalue weighted by molar-refractivity contribution is 0.0442. The molecule has 0 bridgehead atoms. The fourth-order valence-corrected chi connectivity index (χ4v) is 3.50. The zero-order valence-electron chi connectivity index (χ0n) is 14.7. The molecule has 0 aromatic heterocycles. The van der Waals surface area contributed by atoms with E-state index >= 15 is 0 Å². The Bertz CT molecular complexity index is 1060. The van der Waals surface area contributed by atoms with E-state index in [1.807, 2.05) is 13.8 Å². The van der Waals surface area contributed by atoms with Crippen molar-refractivity contribution in [3.8, 4) is 11.5 Å². The molecule has 0 spiro atoms. The Labute approximate surface area is 153 Å². The van der Waals surface area contributed by atoms with Gasteiger partial charge in [0.25, 0.3) is 0 Å². The van der Waals surface area contributed by atoms with Crippen LogP contribution in [-0.2, 0) is 14.9 Å². The molecule has 7 heteroatoms. The van der Waals surface area contributed by atoms with Gasteiger partial charge in [0.15, 0.2) is 6.29 Å². The van der Waals surface area contributed by atoms with Crippen molar-refractivity contribution in [2.45, 2.75) is 19.3 Å². The molecule has 136 valence electrons. The first kappa shape index (κ1) is 17.0. The monoisotopic (exact) mass is 366 g/mol. The minimum absolute atomic E-state index is 0.127. The second-order valence-electron chi connectivity index (χ2n) is 6.84. The highest BCUT2D eigenvalue weighted by Gasteiger charge is 2.40. The molecule has 2 aliphatic rings. The highest BCUT2D eigenvalue weighted by atomic mass is 16.6. The maximum absolute atomic E-state index is 12.0. The third kappa shape index (κ3) is 2.28. The van der Waals surface area contributed by atoms with Crippen LogP contribution in [0.3, 0.4) is 0 Å². The van der Waals surface area contributed by atoms with Crippen LogP contribution >= 0.6 is 0 Å². The standard InChI is InChI=1S/C20H14O7/c1-20(2)13-5-10(17(22)25-3)9(8-21)4-15(13)26-16-7-12-11(6-14(16)20)18(23)27-19(12)24/h4-8H,1-3H3. The van der Waals surface area contributed by atoms with Crippen molar-refractivity contribution in [3.63, 3.8) is 0 Å². The lowest BCUT2D eigenvalue weighted by Crippen LogP contribution is -2.26. The van der Waals surface area contributed by atoms with Crippen molar-refractivity contribution in [2.75, 3.05) is 7.11 Å². The van der Waals surface area contributed by atoms with Crippen molar-refractivity contribution in [1.29, 1.82) is 0 Å². The lowest BCUT2D eigenvalue weighted by Gasteiger charge is -2.35. The van der Waals surface area contributed by atoms with Gasteiger partial charge in [0, 0.05) is 22.1 Å². The molecule has 7 nitrogen and oxygen atoms in total. The van der Waals surface area contributed by atoms with E-state index < -0.39 is 23.3 Å². The van der Waals surface area contributed by atoms with Crippen LogP contribution in [0.5, 0.6) is 11.5 Å². The largest absolute Gasteiger partial charge is 0.465 e. The van der Waals surface area contributed by atoms with Crippen LogP contribution in [0.15, 0.2) is 24.3 Å². The molecule has 0 saturated heterocycles. The Morgan fingerprint density at radius 2 is 1.56 bits per heavy atom. The normalized spacial score (nSPS) is 15.8. The van der Waals surface area contributed by atoms with Crippen molar-refractivity contribution in [3.05, 3.63) is 57.6 Å². The van der Waals surface area contributed by atoms with Crippen molar-refractivity contribution in [1.82, 2.24) is 0 Å². The predicted molar refractivity (Wildman–Crippen MR) is 91.6 cm³/mol. The van der Waals surface area contributed by atoms with E-state index in [1.165, 1.54) is 19.2 Å². The van der Waals surface area contributed by atoms with Crippen molar-refractivity contribution >= 4 is 24.2 Å². The third-order valence-electron chi connectivity index (χ3n) is 5.00. The molecule has 0 saturated carbocycles. The molecule has 0 atom stereocenters. The van der Waals surface area contributed by atoms with Crippen LogP contribution in [0.25, 0.3) is 0 Å². The molecule has 0 aliphatic carbocycles. The minimum atomic E-state index is -0.723. The minimum Gasteiger partial charge on any atom is -0.465 e. The maximum Gasteiger partial charge on any atom is 0.347 e. The summed E-state index contributed by atoms with van der Waals surface area (Å²) in [7, 11) is 1.24. The van der Waals surface area contributed by atoms with Crippen LogP contribution in [0.4, 0.5) is 0 Å². The zero-order valence-corrected chi connectivity index (χ0v) is 14.7. The SMILES string of the molecule is COC(=O)c1cc2c(cc1C=O)Oc1cc3c(cc1C2(C)C)C(=O)OC3=O. The first-order chi connectivity index (χ1) is 12.8. The predicted octanol–water partition coefficient (Wildman–Crippen LogP) is 3.03. The molecular formula is C20H14O7. The van der Waals surface area contributed by atoms with E-state index in [1.54, 1.807) is 12.1 Å². The number of methoxy groups -OCH3 is 1. The zero-order chi connectivity index (χ0) is 19.5. The number of esters is 3. The van der Waals surface area contributed by atoms with Gasteiger partial charge in [0.05, 0.1) is 23.8 Å². The molecule has 2 heterocycles. The number of ether oxygens (including phenoxy) is 3. The quantitative estimate of drug-likeness (QED) is 0.458. The van der Waals surface area contributed by atoms with E-state index in [4.69, 9.17) is 9.47 Å². The Hall–Kier alpha value is -3.48. The molecule has 27 heavy (non-hydrogen) atoms. The highest BCUT2D eigenvalue weighted by molar-refractivity contribution is 6.15. The van der Waals surface area contributed by atoms with Gasteiger partial charge in [-0.15, -0.1) is 0 Å². The molecule has 2 aromatic rings. The number of cyclic esters (lactones) is 2. The number of rotatable bonds is 2. The van der Waals surface area contributed by atoms with E-state index in [0.29, 0.717) is 28.9 Å². The second kappa shape index (κ2) is 5.51. The van der Waals surface area contributed by atoms with Crippen LogP contribution in [0, 0.1) is 0 Å². The molecule has 2 aromatic carbocycles. The number of carbonyl (C=O) groups excluding carboxylic acids is 4. The first-order valence-electron chi connectivity index (χ1n) is 8.13. The molecule has 0 amide bonds. The van der Waals surface area contributed by atoms with E-state index in [2.05, 4.69) is 4.74 Å². The molecule has 0 N–H and O–H groups in total. The Morgan fingerprint density at radius 3 is 2.19 bits per heavy atom. The van der Waals surface area contributed by atoms with Crippen LogP contribution in [-0.4, -0.2) is 31.3 Å². The van der Waals surface area contributed by atoms with Gasteiger partial charge >= 0.3 is 17.9 Å². The summed E-state index contributed by atoms with van der Waals surface area (Å²) in [4.78, 5) is 47.2. The summed E-state index contributed by atoms with van der Waals surface area (Å²) in [5, 5.41) is 0. The molecule has 4 rings (SSSR count). The van der Waals surface area contributed by atoms with Crippen LogP contribution in [0.2, 0.25) is 0 Å². The topological polar surface area (TPSA) is 96.0 Å². The molecular weight excluding hydrogens is 352 g/mol. The number of carbonyl (C=O) groups is 4. The van der Waals surface area contributed by atoms with Crippen molar-refractivity contribution < 1.29 is 33.4 Å². The third-order valence-corrected chi connectivity index (χ3v) is 5.00. The number of aldehydes is 1. The Morgan fingerprint density at radius 1 is 0.963 bits per heavy atom. The maximum atomic E-state index is 12.0. The molecule has 0 radical (unpaired) electrons. The summed E-state index contributed by atoms with van der Waals surface area (Å²) in [6.45, 7) is 3.78. The molecule has 2 aliphatic heterocycles. The average Bonchev–Trinajstić information content (AvgIpc) is 2.92. The summed E-state index contributed by atoms with van der Waals surface area (Å²) >= 11 is 0. The number of hydrogen-bond donors (Lipinski definition) is 0. The van der Waals surface area contributed by atoms with E-state index in [-0.39, 0.29) is 22.3 Å². The summed E-state index contributed by atoms with van der Waals surface area (Å²) in [6.07, 6.45) is 0.553. The lowest BCUT2D eigenvalue weighted by atomic mass is 9.74. The van der Waals surface area contributed by atoms with Crippen LogP contribution in [0.1, 0.15) is 66.4 Å². The van der Waals surface area contributed by atoms with Gasteiger partial charge in [-0.3, -0.25) is 4.79 Å². The Kier molecular flexibility index (Phi) is 3.46. The Balaban J connectivity index is 1.95. The fourth-order valence-electron chi connectivity index (χ4n) is 3.50. The van der Waals surface area contributed by atoms with Gasteiger partial charge in [-0.2, -0.15) is 0 Å². The van der Waals surface area contributed by atoms with Gasteiger partial charge in [-0.25, -0.2) is 14.4 Å². The average molecular weight is 366 g/mol. The van der Waals surface area contributed by atoms with E-state index in [9.17, 15) is 19.2 Å². The highest BCUT2D eigenvalue weighted by Crippen LogP contribution is 2.49. The van der Waals surface area contributed by atoms with Crippen LogP contribution < -0.4 is 4.74 Å².